The quantitative estimate of drug-likeness (QED) is 0.838. The SMILES string of the molecule is NCc1cnc2onc(C3CCCC3)c2c1. The van der Waals surface area contributed by atoms with Gasteiger partial charge in [-0.25, -0.2) is 4.98 Å². The van der Waals surface area contributed by atoms with Crippen LogP contribution in [0.5, 0.6) is 0 Å². The van der Waals surface area contributed by atoms with E-state index in [1.54, 1.807) is 6.20 Å². The highest BCUT2D eigenvalue weighted by Gasteiger charge is 2.23. The minimum absolute atomic E-state index is 0.512. The van der Waals surface area contributed by atoms with E-state index in [0.717, 1.165) is 16.6 Å². The molecule has 0 aliphatic heterocycles. The molecule has 1 aliphatic rings. The second kappa shape index (κ2) is 3.87. The first-order chi connectivity index (χ1) is 7.88. The summed E-state index contributed by atoms with van der Waals surface area (Å²) in [5.74, 6) is 0.552. The highest BCUT2D eigenvalue weighted by Crippen LogP contribution is 2.36. The van der Waals surface area contributed by atoms with Crippen molar-refractivity contribution in [2.75, 3.05) is 0 Å². The lowest BCUT2D eigenvalue weighted by molar-refractivity contribution is 0.430. The van der Waals surface area contributed by atoms with Gasteiger partial charge in [-0.1, -0.05) is 18.0 Å². The van der Waals surface area contributed by atoms with Crippen molar-refractivity contribution < 1.29 is 4.52 Å². The summed E-state index contributed by atoms with van der Waals surface area (Å²) < 4.78 is 5.26. The van der Waals surface area contributed by atoms with Gasteiger partial charge in [0.05, 0.1) is 11.1 Å². The van der Waals surface area contributed by atoms with E-state index in [1.807, 2.05) is 0 Å². The van der Waals surface area contributed by atoms with Crippen molar-refractivity contribution in [3.63, 3.8) is 0 Å². The Labute approximate surface area is 93.8 Å². The van der Waals surface area contributed by atoms with Gasteiger partial charge in [0.1, 0.15) is 0 Å². The van der Waals surface area contributed by atoms with Crippen molar-refractivity contribution in [2.24, 2.45) is 5.73 Å². The summed E-state index contributed by atoms with van der Waals surface area (Å²) >= 11 is 0. The molecule has 0 bridgehead atoms. The summed E-state index contributed by atoms with van der Waals surface area (Å²) in [6.07, 6.45) is 6.78. The Hall–Kier alpha value is -1.42. The number of aromatic nitrogens is 2. The summed E-state index contributed by atoms with van der Waals surface area (Å²) in [7, 11) is 0. The summed E-state index contributed by atoms with van der Waals surface area (Å²) in [6.45, 7) is 0.512. The van der Waals surface area contributed by atoms with Gasteiger partial charge in [-0.05, 0) is 24.5 Å². The second-order valence-corrected chi connectivity index (χ2v) is 4.45. The van der Waals surface area contributed by atoms with Crippen LogP contribution in [0.15, 0.2) is 16.8 Å². The molecule has 1 saturated carbocycles. The Balaban J connectivity index is 2.09. The highest BCUT2D eigenvalue weighted by molar-refractivity contribution is 5.77. The van der Waals surface area contributed by atoms with Gasteiger partial charge >= 0.3 is 0 Å². The van der Waals surface area contributed by atoms with Crippen molar-refractivity contribution in [3.05, 3.63) is 23.5 Å². The number of nitrogens with zero attached hydrogens (tertiary/aromatic N) is 2. The van der Waals surface area contributed by atoms with E-state index < -0.39 is 0 Å². The fourth-order valence-electron chi connectivity index (χ4n) is 2.50. The van der Waals surface area contributed by atoms with Crippen LogP contribution in [0.2, 0.25) is 0 Å². The zero-order chi connectivity index (χ0) is 11.0. The van der Waals surface area contributed by atoms with Gasteiger partial charge in [0.25, 0.3) is 5.71 Å². The normalized spacial score (nSPS) is 17.3. The van der Waals surface area contributed by atoms with Gasteiger partial charge in [-0.15, -0.1) is 0 Å². The molecule has 0 unspecified atom stereocenters. The maximum absolute atomic E-state index is 5.62. The van der Waals surface area contributed by atoms with Gasteiger partial charge in [-0.3, -0.25) is 0 Å². The maximum Gasteiger partial charge on any atom is 0.257 e. The average Bonchev–Trinajstić information content (AvgIpc) is 2.96. The molecule has 4 heteroatoms. The van der Waals surface area contributed by atoms with E-state index in [2.05, 4.69) is 16.2 Å². The standard InChI is InChI=1S/C12H15N3O/c13-6-8-5-10-11(9-3-1-2-4-9)15-16-12(10)14-7-8/h5,7,9H,1-4,6,13H2. The van der Waals surface area contributed by atoms with Gasteiger partial charge < -0.3 is 10.3 Å². The molecule has 84 valence electrons. The first kappa shape index (κ1) is 9.78. The maximum atomic E-state index is 5.62. The fraction of sp³-hybridized carbons (Fsp3) is 0.500. The minimum atomic E-state index is 0.512. The summed E-state index contributed by atoms with van der Waals surface area (Å²) in [4.78, 5) is 4.23. The summed E-state index contributed by atoms with van der Waals surface area (Å²) in [5.41, 5.74) is 8.38. The largest absolute Gasteiger partial charge is 0.336 e. The molecule has 1 fully saturated rings. The van der Waals surface area contributed by atoms with Crippen LogP contribution in [0.1, 0.15) is 42.9 Å². The van der Waals surface area contributed by atoms with Crippen molar-refractivity contribution in [2.45, 2.75) is 38.1 Å². The predicted molar refractivity (Wildman–Crippen MR) is 60.9 cm³/mol. The lowest BCUT2D eigenvalue weighted by Crippen LogP contribution is -1.98. The Kier molecular flexibility index (Phi) is 2.36. The number of rotatable bonds is 2. The van der Waals surface area contributed by atoms with Gasteiger partial charge in [0.15, 0.2) is 0 Å². The molecule has 1 aliphatic carbocycles. The molecule has 3 rings (SSSR count). The van der Waals surface area contributed by atoms with Crippen LogP contribution in [0, 0.1) is 0 Å². The fourth-order valence-corrected chi connectivity index (χ4v) is 2.50. The van der Waals surface area contributed by atoms with Crippen LogP contribution in [-0.2, 0) is 6.54 Å². The lowest BCUT2D eigenvalue weighted by Gasteiger charge is -2.04. The molecular weight excluding hydrogens is 202 g/mol. The molecule has 2 aromatic rings. The third-order valence-corrected chi connectivity index (χ3v) is 3.39. The first-order valence-electron chi connectivity index (χ1n) is 5.83. The van der Waals surface area contributed by atoms with E-state index >= 15 is 0 Å². The van der Waals surface area contributed by atoms with Crippen LogP contribution in [0.4, 0.5) is 0 Å². The molecule has 16 heavy (non-hydrogen) atoms. The zero-order valence-corrected chi connectivity index (χ0v) is 9.15. The van der Waals surface area contributed by atoms with Crippen molar-refractivity contribution in [1.29, 1.82) is 0 Å². The monoisotopic (exact) mass is 217 g/mol. The van der Waals surface area contributed by atoms with E-state index in [-0.39, 0.29) is 0 Å². The van der Waals surface area contributed by atoms with E-state index in [1.165, 1.54) is 25.7 Å². The van der Waals surface area contributed by atoms with Gasteiger partial charge in [0.2, 0.25) is 0 Å². The average molecular weight is 217 g/mol. The van der Waals surface area contributed by atoms with Gasteiger partial charge in [-0.2, -0.15) is 0 Å². The minimum Gasteiger partial charge on any atom is -0.336 e. The smallest absolute Gasteiger partial charge is 0.257 e. The van der Waals surface area contributed by atoms with E-state index in [9.17, 15) is 0 Å². The predicted octanol–water partition coefficient (Wildman–Crippen LogP) is 2.34. The molecule has 2 N–H and O–H groups in total. The van der Waals surface area contributed by atoms with Crippen LogP contribution >= 0.6 is 0 Å². The molecule has 0 spiro atoms. The molecule has 4 nitrogen and oxygen atoms in total. The molecule has 0 amide bonds. The number of nitrogens with two attached hydrogens (primary N) is 1. The Bertz CT molecular complexity index is 500. The zero-order valence-electron chi connectivity index (χ0n) is 9.15. The van der Waals surface area contributed by atoms with Crippen LogP contribution in [0.25, 0.3) is 11.1 Å². The molecule has 0 saturated heterocycles. The van der Waals surface area contributed by atoms with Crippen LogP contribution < -0.4 is 5.73 Å². The third kappa shape index (κ3) is 1.50. The van der Waals surface area contributed by atoms with Crippen molar-refractivity contribution in [3.8, 4) is 0 Å². The van der Waals surface area contributed by atoms with Gasteiger partial charge in [0, 0.05) is 18.7 Å². The number of hydrogen-bond donors (Lipinski definition) is 1. The van der Waals surface area contributed by atoms with Crippen LogP contribution in [-0.4, -0.2) is 10.1 Å². The number of fused-ring (bicyclic) bond motifs is 1. The van der Waals surface area contributed by atoms with E-state index in [0.29, 0.717) is 18.2 Å². The molecule has 2 heterocycles. The summed E-state index contributed by atoms with van der Waals surface area (Å²) in [6, 6.07) is 2.06. The Morgan fingerprint density at radius 2 is 2.19 bits per heavy atom. The van der Waals surface area contributed by atoms with Crippen molar-refractivity contribution in [1.82, 2.24) is 10.1 Å². The van der Waals surface area contributed by atoms with Crippen LogP contribution in [0.3, 0.4) is 0 Å². The molecule has 0 aromatic carbocycles. The third-order valence-electron chi connectivity index (χ3n) is 3.39. The number of pyridine rings is 1. The summed E-state index contributed by atoms with van der Waals surface area (Å²) in [5, 5.41) is 5.23. The van der Waals surface area contributed by atoms with Crippen molar-refractivity contribution >= 4 is 11.1 Å². The number of hydrogen-bond acceptors (Lipinski definition) is 4. The molecule has 2 aromatic heterocycles. The molecule has 0 radical (unpaired) electrons. The van der Waals surface area contributed by atoms with E-state index in [4.69, 9.17) is 10.3 Å². The first-order valence-corrected chi connectivity index (χ1v) is 5.83. The highest BCUT2D eigenvalue weighted by atomic mass is 16.5. The lowest BCUT2D eigenvalue weighted by atomic mass is 10.0. The molecule has 0 atom stereocenters. The Morgan fingerprint density at radius 3 is 2.94 bits per heavy atom. The molecular formula is C12H15N3O. The second-order valence-electron chi connectivity index (χ2n) is 4.45. The topological polar surface area (TPSA) is 64.9 Å². The Morgan fingerprint density at radius 1 is 1.38 bits per heavy atom.